The summed E-state index contributed by atoms with van der Waals surface area (Å²) in [5.41, 5.74) is 6.01. The van der Waals surface area contributed by atoms with Crippen molar-refractivity contribution in [1.29, 1.82) is 0 Å². The molecule has 0 saturated heterocycles. The third kappa shape index (κ3) is 3.20. The summed E-state index contributed by atoms with van der Waals surface area (Å²) in [5, 5.41) is 10.8. The van der Waals surface area contributed by atoms with E-state index in [2.05, 4.69) is 16.8 Å². The molecular formula is C13H20N4O2. The highest BCUT2D eigenvalue weighted by Gasteiger charge is 2.25. The van der Waals surface area contributed by atoms with Crippen LogP contribution in [0.1, 0.15) is 32.6 Å². The van der Waals surface area contributed by atoms with Crippen LogP contribution in [-0.2, 0) is 0 Å². The molecule has 1 fully saturated rings. The average Bonchev–Trinajstić information content (AvgIpc) is 2.42. The molecular weight excluding hydrogens is 244 g/mol. The molecule has 19 heavy (non-hydrogen) atoms. The number of nitro groups is 1. The van der Waals surface area contributed by atoms with E-state index < -0.39 is 0 Å². The smallest absolute Gasteiger partial charge is 0.274 e. The number of anilines is 1. The Balaban J connectivity index is 2.17. The molecule has 0 amide bonds. The molecule has 0 bridgehead atoms. The van der Waals surface area contributed by atoms with Gasteiger partial charge < -0.3 is 10.6 Å². The molecule has 1 saturated carbocycles. The van der Waals surface area contributed by atoms with Crippen LogP contribution in [0.15, 0.2) is 18.3 Å². The highest BCUT2D eigenvalue weighted by molar-refractivity contribution is 5.47. The summed E-state index contributed by atoms with van der Waals surface area (Å²) in [5.74, 6) is 0.692. The van der Waals surface area contributed by atoms with Crippen LogP contribution < -0.4 is 10.6 Å². The van der Waals surface area contributed by atoms with Gasteiger partial charge in [-0.1, -0.05) is 0 Å². The molecule has 1 aromatic rings. The topological polar surface area (TPSA) is 85.3 Å². The third-order valence-electron chi connectivity index (χ3n) is 3.76. The molecule has 1 heterocycles. The summed E-state index contributed by atoms with van der Waals surface area (Å²) in [6, 6.07) is 3.67. The van der Waals surface area contributed by atoms with E-state index in [1.54, 1.807) is 6.07 Å². The summed E-state index contributed by atoms with van der Waals surface area (Å²) in [6.07, 6.45) is 5.58. The summed E-state index contributed by atoms with van der Waals surface area (Å²) in [4.78, 5) is 16.9. The summed E-state index contributed by atoms with van der Waals surface area (Å²) in [6.45, 7) is 2.85. The van der Waals surface area contributed by atoms with E-state index in [1.807, 2.05) is 0 Å². The fourth-order valence-corrected chi connectivity index (χ4v) is 2.70. The predicted molar refractivity (Wildman–Crippen MR) is 74.1 cm³/mol. The molecule has 1 aliphatic rings. The van der Waals surface area contributed by atoms with Gasteiger partial charge in [-0.15, -0.1) is 0 Å². The molecule has 0 spiro atoms. The molecule has 6 heteroatoms. The maximum atomic E-state index is 10.8. The van der Waals surface area contributed by atoms with Crippen LogP contribution in [0, 0.1) is 10.1 Å². The summed E-state index contributed by atoms with van der Waals surface area (Å²) in [7, 11) is 0. The number of aromatic nitrogens is 1. The molecule has 0 unspecified atom stereocenters. The minimum absolute atomic E-state index is 0.0935. The van der Waals surface area contributed by atoms with E-state index in [9.17, 15) is 10.1 Å². The molecule has 1 aromatic heterocycles. The Morgan fingerprint density at radius 3 is 2.74 bits per heavy atom. The fraction of sp³-hybridized carbons (Fsp3) is 0.615. The van der Waals surface area contributed by atoms with Gasteiger partial charge in [-0.05, 0) is 32.6 Å². The van der Waals surface area contributed by atoms with Crippen LogP contribution >= 0.6 is 0 Å². The average molecular weight is 264 g/mol. The zero-order valence-electron chi connectivity index (χ0n) is 11.2. The summed E-state index contributed by atoms with van der Waals surface area (Å²) < 4.78 is 0. The van der Waals surface area contributed by atoms with Gasteiger partial charge in [-0.25, -0.2) is 4.98 Å². The Morgan fingerprint density at radius 1 is 1.47 bits per heavy atom. The van der Waals surface area contributed by atoms with Gasteiger partial charge in [-0.2, -0.15) is 0 Å². The predicted octanol–water partition coefficient (Wildman–Crippen LogP) is 2.09. The molecule has 6 nitrogen and oxygen atoms in total. The van der Waals surface area contributed by atoms with Crippen LogP contribution in [0.5, 0.6) is 0 Å². The molecule has 2 N–H and O–H groups in total. The number of hydrogen-bond acceptors (Lipinski definition) is 5. The zero-order valence-corrected chi connectivity index (χ0v) is 11.2. The van der Waals surface area contributed by atoms with Gasteiger partial charge in [0.25, 0.3) is 5.69 Å². The van der Waals surface area contributed by atoms with Crippen LogP contribution in [0.4, 0.5) is 11.5 Å². The Kier molecular flexibility index (Phi) is 4.31. The summed E-state index contributed by atoms with van der Waals surface area (Å²) >= 11 is 0. The quantitative estimate of drug-likeness (QED) is 0.664. The van der Waals surface area contributed by atoms with E-state index in [0.717, 1.165) is 32.2 Å². The first kappa shape index (κ1) is 13.7. The first-order valence-corrected chi connectivity index (χ1v) is 6.74. The number of pyridine rings is 1. The first-order chi connectivity index (χ1) is 9.11. The van der Waals surface area contributed by atoms with Gasteiger partial charge in [0.15, 0.2) is 0 Å². The lowest BCUT2D eigenvalue weighted by Crippen LogP contribution is -2.41. The Labute approximate surface area is 112 Å². The zero-order chi connectivity index (χ0) is 13.8. The van der Waals surface area contributed by atoms with Crippen molar-refractivity contribution < 1.29 is 4.92 Å². The van der Waals surface area contributed by atoms with E-state index in [4.69, 9.17) is 5.73 Å². The number of rotatable bonds is 4. The van der Waals surface area contributed by atoms with Gasteiger partial charge in [-0.3, -0.25) is 10.1 Å². The molecule has 0 aromatic carbocycles. The molecule has 2 rings (SSSR count). The second kappa shape index (κ2) is 5.97. The van der Waals surface area contributed by atoms with Crippen molar-refractivity contribution in [1.82, 2.24) is 4.98 Å². The van der Waals surface area contributed by atoms with Gasteiger partial charge in [0.05, 0.1) is 11.0 Å². The van der Waals surface area contributed by atoms with Crippen molar-refractivity contribution >= 4 is 11.5 Å². The highest BCUT2D eigenvalue weighted by Crippen LogP contribution is 2.27. The lowest BCUT2D eigenvalue weighted by Gasteiger charge is -2.36. The maximum absolute atomic E-state index is 10.8. The van der Waals surface area contributed by atoms with E-state index in [-0.39, 0.29) is 10.6 Å². The number of hydrogen-bond donors (Lipinski definition) is 1. The van der Waals surface area contributed by atoms with Crippen molar-refractivity contribution in [2.45, 2.75) is 44.7 Å². The fourth-order valence-electron chi connectivity index (χ4n) is 2.70. The maximum Gasteiger partial charge on any atom is 0.274 e. The minimum Gasteiger partial charge on any atom is -0.354 e. The molecule has 104 valence electrons. The van der Waals surface area contributed by atoms with E-state index in [1.165, 1.54) is 12.3 Å². The Hall–Kier alpha value is -1.69. The normalized spacial score (nSPS) is 23.1. The largest absolute Gasteiger partial charge is 0.354 e. The van der Waals surface area contributed by atoms with Crippen molar-refractivity contribution in [2.75, 3.05) is 11.4 Å². The molecule has 1 aliphatic carbocycles. The monoisotopic (exact) mass is 264 g/mol. The van der Waals surface area contributed by atoms with Crippen molar-refractivity contribution in [2.24, 2.45) is 5.73 Å². The van der Waals surface area contributed by atoms with Crippen LogP contribution in [-0.4, -0.2) is 28.5 Å². The molecule has 0 aliphatic heterocycles. The molecule has 0 radical (unpaired) electrons. The Bertz CT molecular complexity index is 444. The van der Waals surface area contributed by atoms with Crippen molar-refractivity contribution in [3.63, 3.8) is 0 Å². The second-order valence-electron chi connectivity index (χ2n) is 4.98. The Morgan fingerprint density at radius 2 is 2.16 bits per heavy atom. The minimum atomic E-state index is -0.379. The first-order valence-electron chi connectivity index (χ1n) is 6.74. The van der Waals surface area contributed by atoms with Gasteiger partial charge in [0, 0.05) is 30.9 Å². The van der Waals surface area contributed by atoms with E-state index >= 15 is 0 Å². The number of nitrogens with two attached hydrogens (primary N) is 1. The van der Waals surface area contributed by atoms with Gasteiger partial charge in [0.1, 0.15) is 5.82 Å². The second-order valence-corrected chi connectivity index (χ2v) is 4.98. The SMILES string of the molecule is CCN(c1cc([N+](=O)[O-])ccn1)C1CCC(N)CC1. The van der Waals surface area contributed by atoms with Crippen LogP contribution in [0.2, 0.25) is 0 Å². The van der Waals surface area contributed by atoms with Gasteiger partial charge >= 0.3 is 0 Å². The standard InChI is InChI=1S/C13H20N4O2/c1-2-16(11-5-3-10(14)4-6-11)13-9-12(17(18)19)7-8-15-13/h7-11H,2-6,14H2,1H3. The van der Waals surface area contributed by atoms with Crippen LogP contribution in [0.3, 0.4) is 0 Å². The van der Waals surface area contributed by atoms with E-state index in [0.29, 0.717) is 17.9 Å². The lowest BCUT2D eigenvalue weighted by molar-refractivity contribution is -0.384. The van der Waals surface area contributed by atoms with Crippen LogP contribution in [0.25, 0.3) is 0 Å². The highest BCUT2D eigenvalue weighted by atomic mass is 16.6. The van der Waals surface area contributed by atoms with Crippen molar-refractivity contribution in [3.05, 3.63) is 28.4 Å². The number of nitrogens with zero attached hydrogens (tertiary/aromatic N) is 3. The van der Waals surface area contributed by atoms with Crippen molar-refractivity contribution in [3.8, 4) is 0 Å². The molecule has 0 atom stereocenters. The lowest BCUT2D eigenvalue weighted by atomic mass is 9.90. The van der Waals surface area contributed by atoms with Gasteiger partial charge in [0.2, 0.25) is 0 Å². The third-order valence-corrected chi connectivity index (χ3v) is 3.76.